The summed E-state index contributed by atoms with van der Waals surface area (Å²) in [6.07, 6.45) is 3.19. The molecular formula is C13H17ClFNO. The zero-order valence-corrected chi connectivity index (χ0v) is 10.4. The first kappa shape index (κ1) is 12.8. The number of halogens is 2. The number of hydrogen-bond acceptors (Lipinski definition) is 2. The smallest absolute Gasteiger partial charge is 0.125 e. The Hall–Kier alpha value is -0.640. The van der Waals surface area contributed by atoms with Gasteiger partial charge < -0.3 is 10.4 Å². The standard InChI is InChI=1S/C13H17ClFNO/c14-11-5-10(6-12(15)7-11)8-16-9-13(1-2-13)3-4-17/h5-7,16-17H,1-4,8-9H2. The quantitative estimate of drug-likeness (QED) is 0.821. The van der Waals surface area contributed by atoms with E-state index in [0.29, 0.717) is 11.6 Å². The zero-order valence-electron chi connectivity index (χ0n) is 9.68. The molecule has 0 unspecified atom stereocenters. The second kappa shape index (κ2) is 5.34. The SMILES string of the molecule is OCCC1(CNCc2cc(F)cc(Cl)c2)CC1. The van der Waals surface area contributed by atoms with Crippen molar-refractivity contribution in [2.75, 3.05) is 13.2 Å². The highest BCUT2D eigenvalue weighted by Crippen LogP contribution is 2.47. The summed E-state index contributed by atoms with van der Waals surface area (Å²) in [6.45, 7) is 1.74. The van der Waals surface area contributed by atoms with E-state index in [-0.39, 0.29) is 17.8 Å². The van der Waals surface area contributed by atoms with Crippen LogP contribution in [0.1, 0.15) is 24.8 Å². The average Bonchev–Trinajstić information content (AvgIpc) is 2.97. The number of aliphatic hydroxyl groups is 1. The van der Waals surface area contributed by atoms with Gasteiger partial charge in [-0.25, -0.2) is 4.39 Å². The van der Waals surface area contributed by atoms with Crippen LogP contribution in [0.5, 0.6) is 0 Å². The molecule has 2 rings (SSSR count). The van der Waals surface area contributed by atoms with Gasteiger partial charge in [0.05, 0.1) is 0 Å². The molecule has 0 aromatic heterocycles. The maximum absolute atomic E-state index is 13.1. The Morgan fingerprint density at radius 3 is 2.71 bits per heavy atom. The van der Waals surface area contributed by atoms with E-state index < -0.39 is 0 Å². The van der Waals surface area contributed by atoms with Gasteiger partial charge in [0, 0.05) is 24.7 Å². The Bertz CT molecular complexity index is 373. The Kier molecular flexibility index (Phi) is 4.02. The van der Waals surface area contributed by atoms with Crippen molar-refractivity contribution < 1.29 is 9.50 Å². The highest BCUT2D eigenvalue weighted by molar-refractivity contribution is 6.30. The van der Waals surface area contributed by atoms with Gasteiger partial charge in [-0.05, 0) is 48.4 Å². The molecule has 1 fully saturated rings. The number of hydrogen-bond donors (Lipinski definition) is 2. The molecule has 0 radical (unpaired) electrons. The molecule has 0 saturated heterocycles. The van der Waals surface area contributed by atoms with E-state index in [2.05, 4.69) is 5.32 Å². The molecule has 0 heterocycles. The molecular weight excluding hydrogens is 241 g/mol. The minimum atomic E-state index is -0.300. The topological polar surface area (TPSA) is 32.3 Å². The molecule has 94 valence electrons. The molecule has 2 N–H and O–H groups in total. The third kappa shape index (κ3) is 3.66. The summed E-state index contributed by atoms with van der Waals surface area (Å²) in [5.41, 5.74) is 1.14. The van der Waals surface area contributed by atoms with E-state index >= 15 is 0 Å². The molecule has 0 aliphatic heterocycles. The molecule has 1 aliphatic carbocycles. The number of benzene rings is 1. The number of aliphatic hydroxyl groups excluding tert-OH is 1. The van der Waals surface area contributed by atoms with Crippen LogP contribution in [0.15, 0.2) is 18.2 Å². The molecule has 1 aliphatic rings. The van der Waals surface area contributed by atoms with Gasteiger partial charge in [0.1, 0.15) is 5.82 Å². The molecule has 0 spiro atoms. The van der Waals surface area contributed by atoms with Gasteiger partial charge in [0.25, 0.3) is 0 Å². The normalized spacial score (nSPS) is 17.1. The third-order valence-corrected chi connectivity index (χ3v) is 3.57. The minimum absolute atomic E-state index is 0.244. The first-order chi connectivity index (χ1) is 8.13. The zero-order chi connectivity index (χ0) is 12.3. The Labute approximate surface area is 106 Å². The predicted molar refractivity (Wildman–Crippen MR) is 66.5 cm³/mol. The first-order valence-electron chi connectivity index (χ1n) is 5.90. The molecule has 4 heteroatoms. The van der Waals surface area contributed by atoms with Crippen molar-refractivity contribution in [3.8, 4) is 0 Å². The van der Waals surface area contributed by atoms with Crippen LogP contribution in [0.2, 0.25) is 5.02 Å². The van der Waals surface area contributed by atoms with Crippen molar-refractivity contribution in [1.29, 1.82) is 0 Å². The Morgan fingerprint density at radius 2 is 2.12 bits per heavy atom. The Morgan fingerprint density at radius 1 is 1.35 bits per heavy atom. The van der Waals surface area contributed by atoms with Gasteiger partial charge in [-0.2, -0.15) is 0 Å². The van der Waals surface area contributed by atoms with Crippen LogP contribution in [0.4, 0.5) is 4.39 Å². The highest BCUT2D eigenvalue weighted by Gasteiger charge is 2.41. The third-order valence-electron chi connectivity index (χ3n) is 3.35. The maximum atomic E-state index is 13.1. The lowest BCUT2D eigenvalue weighted by Gasteiger charge is -2.14. The van der Waals surface area contributed by atoms with Gasteiger partial charge in [0.2, 0.25) is 0 Å². The number of rotatable bonds is 6. The second-order valence-electron chi connectivity index (χ2n) is 4.85. The van der Waals surface area contributed by atoms with Gasteiger partial charge in [0.15, 0.2) is 0 Å². The molecule has 1 aromatic carbocycles. The van der Waals surface area contributed by atoms with Crippen molar-refractivity contribution in [2.24, 2.45) is 5.41 Å². The predicted octanol–water partition coefficient (Wildman–Crippen LogP) is 2.73. The average molecular weight is 258 g/mol. The highest BCUT2D eigenvalue weighted by atomic mass is 35.5. The maximum Gasteiger partial charge on any atom is 0.125 e. The molecule has 1 saturated carbocycles. The molecule has 0 bridgehead atoms. The van der Waals surface area contributed by atoms with Crippen molar-refractivity contribution in [3.63, 3.8) is 0 Å². The molecule has 0 amide bonds. The van der Waals surface area contributed by atoms with E-state index in [9.17, 15) is 4.39 Å². The van der Waals surface area contributed by atoms with Crippen molar-refractivity contribution in [2.45, 2.75) is 25.8 Å². The molecule has 17 heavy (non-hydrogen) atoms. The van der Waals surface area contributed by atoms with Crippen LogP contribution < -0.4 is 5.32 Å². The van der Waals surface area contributed by atoms with E-state index in [1.807, 2.05) is 0 Å². The van der Waals surface area contributed by atoms with Gasteiger partial charge >= 0.3 is 0 Å². The monoisotopic (exact) mass is 257 g/mol. The summed E-state index contributed by atoms with van der Waals surface area (Å²) >= 11 is 5.78. The summed E-state index contributed by atoms with van der Waals surface area (Å²) in [5, 5.41) is 12.7. The van der Waals surface area contributed by atoms with Gasteiger partial charge in [-0.15, -0.1) is 0 Å². The lowest BCUT2D eigenvalue weighted by molar-refractivity contribution is 0.245. The van der Waals surface area contributed by atoms with Gasteiger partial charge in [-0.1, -0.05) is 11.6 Å². The van der Waals surface area contributed by atoms with Crippen LogP contribution in [-0.4, -0.2) is 18.3 Å². The van der Waals surface area contributed by atoms with Crippen molar-refractivity contribution in [1.82, 2.24) is 5.32 Å². The summed E-state index contributed by atoms with van der Waals surface area (Å²) in [5.74, 6) is -0.300. The van der Waals surface area contributed by atoms with E-state index in [0.717, 1.165) is 18.5 Å². The van der Waals surface area contributed by atoms with Crippen molar-refractivity contribution in [3.05, 3.63) is 34.6 Å². The first-order valence-corrected chi connectivity index (χ1v) is 6.28. The van der Waals surface area contributed by atoms with E-state index in [4.69, 9.17) is 16.7 Å². The van der Waals surface area contributed by atoms with Gasteiger partial charge in [-0.3, -0.25) is 0 Å². The minimum Gasteiger partial charge on any atom is -0.396 e. The van der Waals surface area contributed by atoms with Crippen LogP contribution in [0, 0.1) is 11.2 Å². The summed E-state index contributed by atoms with van der Waals surface area (Å²) in [6, 6.07) is 4.56. The molecule has 1 aromatic rings. The second-order valence-corrected chi connectivity index (χ2v) is 5.29. The Balaban J connectivity index is 1.82. The van der Waals surface area contributed by atoms with Crippen LogP contribution in [0.3, 0.4) is 0 Å². The molecule has 2 nitrogen and oxygen atoms in total. The summed E-state index contributed by atoms with van der Waals surface area (Å²) in [4.78, 5) is 0. The largest absolute Gasteiger partial charge is 0.396 e. The summed E-state index contributed by atoms with van der Waals surface area (Å²) in [7, 11) is 0. The van der Waals surface area contributed by atoms with E-state index in [1.54, 1.807) is 6.07 Å². The fraction of sp³-hybridized carbons (Fsp3) is 0.538. The fourth-order valence-corrected chi connectivity index (χ4v) is 2.36. The number of nitrogens with one attached hydrogen (secondary N) is 1. The summed E-state index contributed by atoms with van der Waals surface area (Å²) < 4.78 is 13.1. The fourth-order valence-electron chi connectivity index (χ4n) is 2.11. The van der Waals surface area contributed by atoms with Crippen LogP contribution >= 0.6 is 11.6 Å². The lowest BCUT2D eigenvalue weighted by Crippen LogP contribution is -2.24. The van der Waals surface area contributed by atoms with Crippen molar-refractivity contribution >= 4 is 11.6 Å². The van der Waals surface area contributed by atoms with E-state index in [1.165, 1.54) is 25.0 Å². The van der Waals surface area contributed by atoms with Crippen LogP contribution in [-0.2, 0) is 6.54 Å². The molecule has 0 atom stereocenters. The lowest BCUT2D eigenvalue weighted by atomic mass is 10.0. The van der Waals surface area contributed by atoms with Crippen LogP contribution in [0.25, 0.3) is 0 Å².